The Morgan fingerprint density at radius 1 is 1.65 bits per heavy atom. The Balaban J connectivity index is 1.79. The molecule has 1 fully saturated rings. The lowest BCUT2D eigenvalue weighted by Gasteiger charge is -2.05. The van der Waals surface area contributed by atoms with E-state index in [-0.39, 0.29) is 5.91 Å². The quantitative estimate of drug-likeness (QED) is 0.780. The lowest BCUT2D eigenvalue weighted by atomic mass is 10.2. The number of nitrogens with one attached hydrogen (secondary N) is 1. The van der Waals surface area contributed by atoms with Gasteiger partial charge in [0.05, 0.1) is 17.6 Å². The molecule has 0 aliphatic heterocycles. The van der Waals surface area contributed by atoms with Crippen molar-refractivity contribution in [2.75, 3.05) is 5.75 Å². The third kappa shape index (κ3) is 4.02. The third-order valence-corrected chi connectivity index (χ3v) is 3.48. The summed E-state index contributed by atoms with van der Waals surface area (Å²) >= 11 is 1.46. The van der Waals surface area contributed by atoms with E-state index >= 15 is 0 Å². The molecule has 92 valence electrons. The van der Waals surface area contributed by atoms with Crippen LogP contribution in [0.5, 0.6) is 0 Å². The molecule has 0 spiro atoms. The Bertz CT molecular complexity index is 388. The summed E-state index contributed by atoms with van der Waals surface area (Å²) in [5.74, 6) is 0.503. The van der Waals surface area contributed by atoms with Crippen molar-refractivity contribution in [1.29, 1.82) is 0 Å². The monoisotopic (exact) mass is 252 g/mol. The summed E-state index contributed by atoms with van der Waals surface area (Å²) in [4.78, 5) is 16.5. The van der Waals surface area contributed by atoms with Gasteiger partial charge in [-0.15, -0.1) is 11.8 Å². The molecule has 1 unspecified atom stereocenters. The highest BCUT2D eigenvalue weighted by Crippen LogP contribution is 2.21. The number of carbonyl (C=O) groups is 1. The van der Waals surface area contributed by atoms with Crippen LogP contribution < -0.4 is 5.32 Å². The molecule has 1 amide bonds. The molecule has 4 nitrogen and oxygen atoms in total. The van der Waals surface area contributed by atoms with Crippen molar-refractivity contribution >= 4 is 17.7 Å². The van der Waals surface area contributed by atoms with Crippen LogP contribution in [0.4, 0.5) is 0 Å². The summed E-state index contributed by atoms with van der Waals surface area (Å²) in [6, 6.07) is 4.08. The minimum absolute atomic E-state index is 0.0807. The number of amides is 1. The Hall–Kier alpha value is -1.07. The number of aliphatic hydroxyl groups excluding tert-OH is 1. The first kappa shape index (κ1) is 12.4. The highest BCUT2D eigenvalue weighted by molar-refractivity contribution is 8.00. The van der Waals surface area contributed by atoms with E-state index in [1.54, 1.807) is 19.2 Å². The number of hydrogen-bond donors (Lipinski definition) is 2. The van der Waals surface area contributed by atoms with E-state index in [1.807, 2.05) is 6.07 Å². The number of nitrogens with zero attached hydrogens (tertiary/aromatic N) is 1. The normalized spacial score (nSPS) is 16.6. The van der Waals surface area contributed by atoms with Crippen LogP contribution in [-0.4, -0.2) is 27.8 Å². The maximum atomic E-state index is 11.4. The Morgan fingerprint density at radius 2 is 2.41 bits per heavy atom. The van der Waals surface area contributed by atoms with E-state index in [4.69, 9.17) is 0 Å². The maximum Gasteiger partial charge on any atom is 0.230 e. The molecule has 1 aliphatic carbocycles. The van der Waals surface area contributed by atoms with Gasteiger partial charge in [-0.05, 0) is 31.9 Å². The third-order valence-electron chi connectivity index (χ3n) is 2.50. The molecule has 17 heavy (non-hydrogen) atoms. The molecule has 1 heterocycles. The Labute approximate surface area is 105 Å². The van der Waals surface area contributed by atoms with Crippen LogP contribution in [0, 0.1) is 0 Å². The zero-order chi connectivity index (χ0) is 12.3. The van der Waals surface area contributed by atoms with Crippen LogP contribution in [0.15, 0.2) is 23.2 Å². The van der Waals surface area contributed by atoms with Crippen LogP contribution in [0.25, 0.3) is 0 Å². The van der Waals surface area contributed by atoms with Crippen molar-refractivity contribution in [1.82, 2.24) is 10.3 Å². The van der Waals surface area contributed by atoms with Crippen LogP contribution in [0.2, 0.25) is 0 Å². The number of thioether (sulfide) groups is 1. The molecule has 1 atom stereocenters. The van der Waals surface area contributed by atoms with Crippen molar-refractivity contribution in [3.63, 3.8) is 0 Å². The largest absolute Gasteiger partial charge is 0.387 e. The summed E-state index contributed by atoms with van der Waals surface area (Å²) in [6.45, 7) is 1.68. The number of hydrogen-bond acceptors (Lipinski definition) is 4. The lowest BCUT2D eigenvalue weighted by Crippen LogP contribution is -2.26. The minimum atomic E-state index is -0.549. The summed E-state index contributed by atoms with van der Waals surface area (Å²) in [6.07, 6.45) is 3.37. The average molecular weight is 252 g/mol. The summed E-state index contributed by atoms with van der Waals surface area (Å²) in [5, 5.41) is 12.2. The number of carbonyl (C=O) groups excluding carboxylic acids is 1. The van der Waals surface area contributed by atoms with E-state index in [9.17, 15) is 9.90 Å². The fourth-order valence-electron chi connectivity index (χ4n) is 1.37. The SMILES string of the molecule is CC(O)c1ccc(SCC(=O)NC2CC2)cn1. The second-order valence-electron chi connectivity index (χ2n) is 4.23. The molecule has 0 saturated heterocycles. The molecule has 1 aliphatic rings. The van der Waals surface area contributed by atoms with E-state index in [1.165, 1.54) is 11.8 Å². The number of pyridine rings is 1. The van der Waals surface area contributed by atoms with Gasteiger partial charge in [0, 0.05) is 17.1 Å². The predicted molar refractivity (Wildman–Crippen MR) is 66.8 cm³/mol. The molecule has 1 aromatic heterocycles. The fraction of sp³-hybridized carbons (Fsp3) is 0.500. The Kier molecular flexibility index (Phi) is 4.02. The van der Waals surface area contributed by atoms with Gasteiger partial charge >= 0.3 is 0 Å². The van der Waals surface area contributed by atoms with Gasteiger partial charge in [-0.2, -0.15) is 0 Å². The predicted octanol–water partition coefficient (Wildman–Crippen LogP) is 1.51. The Morgan fingerprint density at radius 3 is 2.94 bits per heavy atom. The van der Waals surface area contributed by atoms with Crippen molar-refractivity contribution in [2.45, 2.75) is 36.8 Å². The molecule has 2 N–H and O–H groups in total. The molecular weight excluding hydrogens is 236 g/mol. The molecule has 0 radical (unpaired) electrons. The minimum Gasteiger partial charge on any atom is -0.387 e. The summed E-state index contributed by atoms with van der Waals surface area (Å²) in [5.41, 5.74) is 0.650. The zero-order valence-electron chi connectivity index (χ0n) is 9.72. The molecule has 0 bridgehead atoms. The lowest BCUT2D eigenvalue weighted by molar-refractivity contribution is -0.118. The van der Waals surface area contributed by atoms with E-state index < -0.39 is 6.10 Å². The standard InChI is InChI=1S/C12H16N2O2S/c1-8(15)11-5-4-10(6-13-11)17-7-12(16)14-9-2-3-9/h4-6,8-9,15H,2-3,7H2,1H3,(H,14,16). The smallest absolute Gasteiger partial charge is 0.230 e. The first-order chi connectivity index (χ1) is 8.15. The van der Waals surface area contributed by atoms with Crippen molar-refractivity contribution in [3.8, 4) is 0 Å². The summed E-state index contributed by atoms with van der Waals surface area (Å²) < 4.78 is 0. The molecular formula is C12H16N2O2S. The van der Waals surface area contributed by atoms with Crippen LogP contribution >= 0.6 is 11.8 Å². The van der Waals surface area contributed by atoms with Gasteiger partial charge in [-0.3, -0.25) is 9.78 Å². The van der Waals surface area contributed by atoms with Crippen LogP contribution in [0.3, 0.4) is 0 Å². The highest BCUT2D eigenvalue weighted by atomic mass is 32.2. The second kappa shape index (κ2) is 5.51. The topological polar surface area (TPSA) is 62.2 Å². The molecule has 0 aromatic carbocycles. The van der Waals surface area contributed by atoms with Crippen molar-refractivity contribution < 1.29 is 9.90 Å². The zero-order valence-corrected chi connectivity index (χ0v) is 10.5. The van der Waals surface area contributed by atoms with Gasteiger partial charge in [0.1, 0.15) is 0 Å². The van der Waals surface area contributed by atoms with E-state index in [0.29, 0.717) is 17.5 Å². The second-order valence-corrected chi connectivity index (χ2v) is 5.27. The molecule has 1 saturated carbocycles. The van der Waals surface area contributed by atoms with Gasteiger partial charge in [0.2, 0.25) is 5.91 Å². The fourth-order valence-corrected chi connectivity index (χ4v) is 2.04. The highest BCUT2D eigenvalue weighted by Gasteiger charge is 2.22. The van der Waals surface area contributed by atoms with Crippen molar-refractivity contribution in [3.05, 3.63) is 24.0 Å². The van der Waals surface area contributed by atoms with Gasteiger partial charge in [-0.25, -0.2) is 0 Å². The van der Waals surface area contributed by atoms with Gasteiger partial charge < -0.3 is 10.4 Å². The first-order valence-corrected chi connectivity index (χ1v) is 6.70. The van der Waals surface area contributed by atoms with E-state index in [2.05, 4.69) is 10.3 Å². The van der Waals surface area contributed by atoms with E-state index in [0.717, 1.165) is 17.7 Å². The summed E-state index contributed by atoms with van der Waals surface area (Å²) in [7, 11) is 0. The van der Waals surface area contributed by atoms with Crippen molar-refractivity contribution in [2.24, 2.45) is 0 Å². The number of aromatic nitrogens is 1. The van der Waals surface area contributed by atoms with Crippen LogP contribution in [0.1, 0.15) is 31.6 Å². The number of aliphatic hydroxyl groups is 1. The first-order valence-electron chi connectivity index (χ1n) is 5.71. The van der Waals surface area contributed by atoms with Crippen LogP contribution in [-0.2, 0) is 4.79 Å². The van der Waals surface area contributed by atoms with Gasteiger partial charge in [0.15, 0.2) is 0 Å². The number of rotatable bonds is 5. The molecule has 2 rings (SSSR count). The van der Waals surface area contributed by atoms with Gasteiger partial charge in [0.25, 0.3) is 0 Å². The molecule has 1 aromatic rings. The van der Waals surface area contributed by atoms with Gasteiger partial charge in [-0.1, -0.05) is 0 Å². The maximum absolute atomic E-state index is 11.4. The molecule has 5 heteroatoms. The average Bonchev–Trinajstić information content (AvgIpc) is 3.11.